The second kappa shape index (κ2) is 9.98. The third-order valence-electron chi connectivity index (χ3n) is 4.10. The summed E-state index contributed by atoms with van der Waals surface area (Å²) in [5, 5.41) is 6.43. The van der Waals surface area contributed by atoms with Crippen molar-refractivity contribution in [3.05, 3.63) is 35.6 Å². The molecule has 1 aliphatic heterocycles. The van der Waals surface area contributed by atoms with Gasteiger partial charge in [0.1, 0.15) is 12.4 Å². The van der Waals surface area contributed by atoms with Crippen molar-refractivity contribution >= 4 is 11.9 Å². The van der Waals surface area contributed by atoms with E-state index in [0.717, 1.165) is 26.2 Å². The zero-order valence-corrected chi connectivity index (χ0v) is 14.9. The maximum atomic E-state index is 13.7. The summed E-state index contributed by atoms with van der Waals surface area (Å²) >= 11 is 0. The van der Waals surface area contributed by atoms with Gasteiger partial charge in [0.25, 0.3) is 0 Å². The summed E-state index contributed by atoms with van der Waals surface area (Å²) in [6.07, 6.45) is 1.56. The fraction of sp³-hybridized carbons (Fsp3) is 0.556. The number of nitrogens with zero attached hydrogens (tertiary/aromatic N) is 2. The smallest absolute Gasteiger partial charge is 0.243 e. The van der Waals surface area contributed by atoms with Crippen LogP contribution < -0.4 is 10.6 Å². The van der Waals surface area contributed by atoms with Gasteiger partial charge in [-0.2, -0.15) is 0 Å². The van der Waals surface area contributed by atoms with Gasteiger partial charge in [-0.15, -0.1) is 0 Å². The number of benzene rings is 1. The Morgan fingerprint density at radius 1 is 1.36 bits per heavy atom. The summed E-state index contributed by atoms with van der Waals surface area (Å²) in [5.41, 5.74) is 0.655. The fourth-order valence-corrected chi connectivity index (χ4v) is 2.46. The summed E-state index contributed by atoms with van der Waals surface area (Å²) in [5.74, 6) is 0.739. The predicted octanol–water partition coefficient (Wildman–Crippen LogP) is 1.03. The standard InChI is InChI=1S/C18H27FN4O2/c1-23(2)17(24)12-22-18(21-11-14-8-10-25-13-14)20-9-7-15-5-3-4-6-16(15)19/h3-6,14H,7-13H2,1-2H3,(H2,20,21,22). The number of halogens is 1. The van der Waals surface area contributed by atoms with E-state index in [0.29, 0.717) is 30.4 Å². The molecule has 2 N–H and O–H groups in total. The molecule has 6 nitrogen and oxygen atoms in total. The number of likely N-dealkylation sites (N-methyl/N-ethyl adjacent to an activating group) is 1. The molecule has 1 aliphatic rings. The van der Waals surface area contributed by atoms with E-state index in [1.54, 1.807) is 26.2 Å². The number of hydrogen-bond donors (Lipinski definition) is 2. The lowest BCUT2D eigenvalue weighted by atomic mass is 10.1. The van der Waals surface area contributed by atoms with Gasteiger partial charge in [-0.05, 0) is 24.5 Å². The van der Waals surface area contributed by atoms with Gasteiger partial charge in [-0.3, -0.25) is 4.79 Å². The molecule has 1 saturated heterocycles. The van der Waals surface area contributed by atoms with Crippen LogP contribution in [0.4, 0.5) is 4.39 Å². The van der Waals surface area contributed by atoms with Crippen molar-refractivity contribution in [3.8, 4) is 0 Å². The summed E-state index contributed by atoms with van der Waals surface area (Å²) in [7, 11) is 3.40. The SMILES string of the molecule is CN(C)C(=O)CN=C(NCCc1ccccc1F)NCC1CCOC1. The average Bonchev–Trinajstić information content (AvgIpc) is 3.11. The highest BCUT2D eigenvalue weighted by Crippen LogP contribution is 2.10. The minimum absolute atomic E-state index is 0.0700. The Labute approximate surface area is 148 Å². The van der Waals surface area contributed by atoms with Crippen molar-refractivity contribution < 1.29 is 13.9 Å². The van der Waals surface area contributed by atoms with Gasteiger partial charge in [0, 0.05) is 39.7 Å². The van der Waals surface area contributed by atoms with Crippen LogP contribution in [0, 0.1) is 11.7 Å². The number of aliphatic imine (C=N–C) groups is 1. The second-order valence-electron chi connectivity index (χ2n) is 6.33. The maximum Gasteiger partial charge on any atom is 0.243 e. The number of hydrogen-bond acceptors (Lipinski definition) is 3. The molecule has 1 unspecified atom stereocenters. The van der Waals surface area contributed by atoms with E-state index in [-0.39, 0.29) is 18.3 Å². The number of carbonyl (C=O) groups excluding carboxylic acids is 1. The molecule has 1 heterocycles. The van der Waals surface area contributed by atoms with E-state index in [4.69, 9.17) is 4.74 Å². The van der Waals surface area contributed by atoms with Crippen LogP contribution >= 0.6 is 0 Å². The molecule has 138 valence electrons. The number of amides is 1. The van der Waals surface area contributed by atoms with Crippen molar-refractivity contribution in [2.75, 3.05) is 46.9 Å². The zero-order valence-electron chi connectivity index (χ0n) is 14.9. The van der Waals surface area contributed by atoms with Crippen LogP contribution in [0.1, 0.15) is 12.0 Å². The predicted molar refractivity (Wildman–Crippen MR) is 96.0 cm³/mol. The number of guanidine groups is 1. The molecule has 1 amide bonds. The lowest BCUT2D eigenvalue weighted by Gasteiger charge is -2.16. The van der Waals surface area contributed by atoms with Crippen molar-refractivity contribution in [2.24, 2.45) is 10.9 Å². The first kappa shape index (κ1) is 19.2. The van der Waals surface area contributed by atoms with Gasteiger partial charge in [-0.1, -0.05) is 18.2 Å². The zero-order chi connectivity index (χ0) is 18.1. The molecule has 0 aliphatic carbocycles. The Morgan fingerprint density at radius 3 is 2.84 bits per heavy atom. The van der Waals surface area contributed by atoms with Gasteiger partial charge in [0.15, 0.2) is 5.96 Å². The lowest BCUT2D eigenvalue weighted by Crippen LogP contribution is -2.41. The van der Waals surface area contributed by atoms with Crippen LogP contribution in [0.5, 0.6) is 0 Å². The summed E-state index contributed by atoms with van der Waals surface area (Å²) in [6, 6.07) is 6.73. The van der Waals surface area contributed by atoms with Gasteiger partial charge in [0.2, 0.25) is 5.91 Å². The van der Waals surface area contributed by atoms with Gasteiger partial charge in [-0.25, -0.2) is 9.38 Å². The number of rotatable bonds is 7. The van der Waals surface area contributed by atoms with Crippen LogP contribution in [0.3, 0.4) is 0 Å². The molecule has 1 aromatic carbocycles. The molecule has 0 spiro atoms. The Morgan fingerprint density at radius 2 is 2.16 bits per heavy atom. The number of carbonyl (C=O) groups is 1. The average molecular weight is 350 g/mol. The van der Waals surface area contributed by atoms with Crippen LogP contribution in [0.2, 0.25) is 0 Å². The minimum atomic E-state index is -0.207. The molecule has 7 heteroatoms. The maximum absolute atomic E-state index is 13.7. The largest absolute Gasteiger partial charge is 0.381 e. The quantitative estimate of drug-likeness (QED) is 0.569. The molecular formula is C18H27FN4O2. The molecule has 1 aromatic rings. The molecule has 0 radical (unpaired) electrons. The Bertz CT molecular complexity index is 586. The Balaban J connectivity index is 1.86. The lowest BCUT2D eigenvalue weighted by molar-refractivity contribution is -0.127. The monoisotopic (exact) mass is 350 g/mol. The van der Waals surface area contributed by atoms with E-state index in [9.17, 15) is 9.18 Å². The van der Waals surface area contributed by atoms with E-state index < -0.39 is 0 Å². The van der Waals surface area contributed by atoms with Crippen LogP contribution in [0.15, 0.2) is 29.3 Å². The first-order chi connectivity index (χ1) is 12.1. The third-order valence-corrected chi connectivity index (χ3v) is 4.10. The summed E-state index contributed by atoms with van der Waals surface area (Å²) in [6.45, 7) is 2.87. The Kier molecular flexibility index (Phi) is 7.66. The third kappa shape index (κ3) is 6.70. The molecule has 0 bridgehead atoms. The number of nitrogens with one attached hydrogen (secondary N) is 2. The molecular weight excluding hydrogens is 323 g/mol. The molecule has 2 rings (SSSR count). The topological polar surface area (TPSA) is 66.0 Å². The van der Waals surface area contributed by atoms with Crippen molar-refractivity contribution in [1.82, 2.24) is 15.5 Å². The molecule has 0 aromatic heterocycles. The van der Waals surface area contributed by atoms with Crippen LogP contribution in [-0.2, 0) is 16.0 Å². The van der Waals surface area contributed by atoms with Gasteiger partial charge in [0.05, 0.1) is 6.61 Å². The van der Waals surface area contributed by atoms with Crippen molar-refractivity contribution in [2.45, 2.75) is 12.8 Å². The molecule has 1 fully saturated rings. The van der Waals surface area contributed by atoms with Crippen molar-refractivity contribution in [3.63, 3.8) is 0 Å². The van der Waals surface area contributed by atoms with Gasteiger partial charge >= 0.3 is 0 Å². The first-order valence-electron chi connectivity index (χ1n) is 8.59. The fourth-order valence-electron chi connectivity index (χ4n) is 2.46. The molecule has 25 heavy (non-hydrogen) atoms. The highest BCUT2D eigenvalue weighted by atomic mass is 19.1. The highest BCUT2D eigenvalue weighted by molar-refractivity contribution is 5.84. The molecule has 0 saturated carbocycles. The van der Waals surface area contributed by atoms with E-state index in [2.05, 4.69) is 15.6 Å². The van der Waals surface area contributed by atoms with Crippen LogP contribution in [0.25, 0.3) is 0 Å². The summed E-state index contributed by atoms with van der Waals surface area (Å²) in [4.78, 5) is 17.6. The van der Waals surface area contributed by atoms with E-state index in [1.807, 2.05) is 6.07 Å². The van der Waals surface area contributed by atoms with E-state index in [1.165, 1.54) is 11.0 Å². The summed E-state index contributed by atoms with van der Waals surface area (Å²) < 4.78 is 19.0. The highest BCUT2D eigenvalue weighted by Gasteiger charge is 2.16. The Hall–Kier alpha value is -2.15. The van der Waals surface area contributed by atoms with Crippen molar-refractivity contribution in [1.29, 1.82) is 0 Å². The molecule has 1 atom stereocenters. The first-order valence-corrected chi connectivity index (χ1v) is 8.59. The number of ether oxygens (including phenoxy) is 1. The van der Waals surface area contributed by atoms with Gasteiger partial charge < -0.3 is 20.3 Å². The van der Waals surface area contributed by atoms with E-state index >= 15 is 0 Å². The van der Waals surface area contributed by atoms with Crippen LogP contribution in [-0.4, -0.2) is 63.7 Å². The second-order valence-corrected chi connectivity index (χ2v) is 6.33. The normalized spacial score (nSPS) is 17.4. The minimum Gasteiger partial charge on any atom is -0.381 e.